The normalized spacial score (nSPS) is 13.1. The molecule has 0 aliphatic carbocycles. The van der Waals surface area contributed by atoms with E-state index in [0.717, 1.165) is 11.1 Å². The molecule has 0 bridgehead atoms. The van der Waals surface area contributed by atoms with Crippen molar-refractivity contribution >= 4 is 5.84 Å². The summed E-state index contributed by atoms with van der Waals surface area (Å²) in [7, 11) is 0. The Bertz CT molecular complexity index is 628. The van der Waals surface area contributed by atoms with Crippen molar-refractivity contribution in [3.05, 3.63) is 65.2 Å². The average Bonchev–Trinajstić information content (AvgIpc) is 2.52. The van der Waals surface area contributed by atoms with Gasteiger partial charge in [0.1, 0.15) is 11.5 Å². The smallest absolute Gasteiger partial charge is 0.188 e. The predicted octanol–water partition coefficient (Wildman–Crippen LogP) is 2.17. The zero-order valence-corrected chi connectivity index (χ0v) is 11.6. The van der Waals surface area contributed by atoms with E-state index < -0.39 is 0 Å². The average molecular weight is 288 g/mol. The van der Waals surface area contributed by atoms with E-state index in [1.165, 1.54) is 12.1 Å². The summed E-state index contributed by atoms with van der Waals surface area (Å²) in [5.74, 6) is -0.271. The molecule has 1 aromatic carbocycles. The van der Waals surface area contributed by atoms with Gasteiger partial charge in [-0.05, 0) is 42.3 Å². The molecule has 0 aliphatic rings. The molecule has 5 nitrogen and oxygen atoms in total. The van der Waals surface area contributed by atoms with Crippen LogP contribution in [-0.4, -0.2) is 16.0 Å². The Labute approximate surface area is 122 Å². The van der Waals surface area contributed by atoms with E-state index in [0.29, 0.717) is 12.2 Å². The van der Waals surface area contributed by atoms with Gasteiger partial charge in [-0.2, -0.15) is 0 Å². The molecule has 0 radical (unpaired) electrons. The summed E-state index contributed by atoms with van der Waals surface area (Å²) in [6.07, 6.45) is 1.60. The predicted molar refractivity (Wildman–Crippen MR) is 78.4 cm³/mol. The molecule has 110 valence electrons. The van der Waals surface area contributed by atoms with Gasteiger partial charge in [0.05, 0.1) is 0 Å². The third-order valence-electron chi connectivity index (χ3n) is 3.18. The highest BCUT2D eigenvalue weighted by molar-refractivity contribution is 5.95. The molecule has 1 atom stereocenters. The van der Waals surface area contributed by atoms with E-state index in [-0.39, 0.29) is 17.7 Å². The van der Waals surface area contributed by atoms with Crippen LogP contribution >= 0.6 is 0 Å². The van der Waals surface area contributed by atoms with Crippen LogP contribution in [0.15, 0.2) is 47.8 Å². The van der Waals surface area contributed by atoms with Gasteiger partial charge >= 0.3 is 0 Å². The van der Waals surface area contributed by atoms with Gasteiger partial charge in [-0.1, -0.05) is 17.3 Å². The highest BCUT2D eigenvalue weighted by Crippen LogP contribution is 2.13. The summed E-state index contributed by atoms with van der Waals surface area (Å²) in [5.41, 5.74) is 7.89. The van der Waals surface area contributed by atoms with Crippen molar-refractivity contribution in [2.45, 2.75) is 19.5 Å². The Hall–Kier alpha value is -2.47. The number of rotatable bonds is 5. The summed E-state index contributed by atoms with van der Waals surface area (Å²) >= 11 is 0. The molecule has 0 fully saturated rings. The molecule has 1 heterocycles. The van der Waals surface area contributed by atoms with Gasteiger partial charge in [-0.25, -0.2) is 4.39 Å². The van der Waals surface area contributed by atoms with E-state index in [4.69, 9.17) is 10.9 Å². The van der Waals surface area contributed by atoms with Crippen LogP contribution in [0.4, 0.5) is 4.39 Å². The lowest BCUT2D eigenvalue weighted by Crippen LogP contribution is -2.19. The number of nitrogens with two attached hydrogens (primary N) is 1. The van der Waals surface area contributed by atoms with Crippen LogP contribution in [0.5, 0.6) is 0 Å². The largest absolute Gasteiger partial charge is 0.409 e. The molecule has 4 N–H and O–H groups in total. The van der Waals surface area contributed by atoms with E-state index >= 15 is 0 Å². The van der Waals surface area contributed by atoms with Gasteiger partial charge in [0.25, 0.3) is 0 Å². The van der Waals surface area contributed by atoms with Crippen molar-refractivity contribution in [2.24, 2.45) is 10.9 Å². The molecule has 0 spiro atoms. The molecule has 6 heteroatoms. The Kier molecular flexibility index (Phi) is 4.84. The third-order valence-corrected chi connectivity index (χ3v) is 3.18. The molecule has 0 saturated carbocycles. The number of nitrogens with zero attached hydrogens (tertiary/aromatic N) is 2. The number of hydrogen-bond acceptors (Lipinski definition) is 4. The van der Waals surface area contributed by atoms with E-state index in [9.17, 15) is 4.39 Å². The van der Waals surface area contributed by atoms with Crippen molar-refractivity contribution in [2.75, 3.05) is 0 Å². The summed E-state index contributed by atoms with van der Waals surface area (Å²) in [6, 6.07) is 10.1. The second-order valence-electron chi connectivity index (χ2n) is 4.69. The first-order valence-corrected chi connectivity index (χ1v) is 6.52. The maximum Gasteiger partial charge on any atom is 0.188 e. The van der Waals surface area contributed by atoms with Crippen molar-refractivity contribution in [1.29, 1.82) is 0 Å². The second-order valence-corrected chi connectivity index (χ2v) is 4.69. The number of pyridine rings is 1. The van der Waals surface area contributed by atoms with E-state index in [1.807, 2.05) is 13.0 Å². The lowest BCUT2D eigenvalue weighted by atomic mass is 10.1. The zero-order chi connectivity index (χ0) is 15.2. The highest BCUT2D eigenvalue weighted by atomic mass is 19.1. The minimum atomic E-state index is -0.247. The Morgan fingerprint density at radius 2 is 2.10 bits per heavy atom. The highest BCUT2D eigenvalue weighted by Gasteiger charge is 2.06. The SMILES string of the molecule is C[C@H](NCc1ccnc(/C(N)=N/O)c1)c1ccc(F)cc1. The van der Waals surface area contributed by atoms with Crippen LogP contribution < -0.4 is 11.1 Å². The van der Waals surface area contributed by atoms with Crippen LogP contribution in [-0.2, 0) is 6.54 Å². The monoisotopic (exact) mass is 288 g/mol. The van der Waals surface area contributed by atoms with Gasteiger partial charge in [0.15, 0.2) is 5.84 Å². The van der Waals surface area contributed by atoms with Gasteiger partial charge in [0.2, 0.25) is 0 Å². The van der Waals surface area contributed by atoms with Crippen molar-refractivity contribution in [1.82, 2.24) is 10.3 Å². The quantitative estimate of drug-likeness (QED) is 0.341. The summed E-state index contributed by atoms with van der Waals surface area (Å²) in [5, 5.41) is 14.9. The maximum atomic E-state index is 12.9. The topological polar surface area (TPSA) is 83.5 Å². The molecule has 1 aromatic heterocycles. The summed E-state index contributed by atoms with van der Waals surface area (Å²) in [4.78, 5) is 4.02. The Morgan fingerprint density at radius 3 is 2.76 bits per heavy atom. The first-order chi connectivity index (χ1) is 10.1. The lowest BCUT2D eigenvalue weighted by Gasteiger charge is -2.14. The fraction of sp³-hybridized carbons (Fsp3) is 0.200. The first kappa shape index (κ1) is 14.9. The van der Waals surface area contributed by atoms with Gasteiger partial charge in [0, 0.05) is 18.8 Å². The van der Waals surface area contributed by atoms with Gasteiger partial charge in [-0.15, -0.1) is 0 Å². The first-order valence-electron chi connectivity index (χ1n) is 6.52. The molecule has 21 heavy (non-hydrogen) atoms. The van der Waals surface area contributed by atoms with Crippen LogP contribution in [0.3, 0.4) is 0 Å². The third kappa shape index (κ3) is 4.00. The fourth-order valence-electron chi connectivity index (χ4n) is 1.92. The molecule has 0 saturated heterocycles. The molecule has 2 aromatic rings. The summed E-state index contributed by atoms with van der Waals surface area (Å²) < 4.78 is 12.9. The van der Waals surface area contributed by atoms with Gasteiger partial charge in [-0.3, -0.25) is 4.98 Å². The second kappa shape index (κ2) is 6.81. The van der Waals surface area contributed by atoms with E-state index in [1.54, 1.807) is 24.4 Å². The summed E-state index contributed by atoms with van der Waals surface area (Å²) in [6.45, 7) is 2.59. The number of aromatic nitrogens is 1. The number of oxime groups is 1. The maximum absolute atomic E-state index is 12.9. The van der Waals surface area contributed by atoms with Crippen LogP contribution in [0, 0.1) is 5.82 Å². The van der Waals surface area contributed by atoms with Crippen LogP contribution in [0.2, 0.25) is 0 Å². The number of halogens is 1. The molecule has 2 rings (SSSR count). The lowest BCUT2D eigenvalue weighted by molar-refractivity contribution is 0.318. The standard InChI is InChI=1S/C15H17FN4O/c1-10(12-2-4-13(16)5-3-12)19-9-11-6-7-18-14(8-11)15(17)20-21/h2-8,10,19,21H,9H2,1H3,(H2,17,20)/t10-/m0/s1. The number of amidine groups is 1. The Morgan fingerprint density at radius 1 is 1.38 bits per heavy atom. The number of benzene rings is 1. The zero-order valence-electron chi connectivity index (χ0n) is 11.6. The molecule has 0 amide bonds. The number of hydrogen-bond donors (Lipinski definition) is 3. The van der Waals surface area contributed by atoms with Crippen LogP contribution in [0.25, 0.3) is 0 Å². The minimum absolute atomic E-state index is 0.0246. The molecular formula is C15H17FN4O. The number of nitrogens with one attached hydrogen (secondary N) is 1. The van der Waals surface area contributed by atoms with E-state index in [2.05, 4.69) is 15.5 Å². The van der Waals surface area contributed by atoms with Crippen molar-refractivity contribution in [3.63, 3.8) is 0 Å². The minimum Gasteiger partial charge on any atom is -0.409 e. The van der Waals surface area contributed by atoms with Crippen LogP contribution in [0.1, 0.15) is 29.8 Å². The molecule has 0 unspecified atom stereocenters. The Balaban J connectivity index is 2.01. The van der Waals surface area contributed by atoms with Gasteiger partial charge < -0.3 is 16.3 Å². The molecule has 0 aliphatic heterocycles. The van der Waals surface area contributed by atoms with Crippen molar-refractivity contribution in [3.8, 4) is 0 Å². The molecular weight excluding hydrogens is 271 g/mol. The fourth-order valence-corrected chi connectivity index (χ4v) is 1.92. The van der Waals surface area contributed by atoms with Crippen molar-refractivity contribution < 1.29 is 9.60 Å².